The Morgan fingerprint density at radius 1 is 1.00 bits per heavy atom. The number of rotatable bonds is 6. The highest BCUT2D eigenvalue weighted by molar-refractivity contribution is 5.76. The van der Waals surface area contributed by atoms with Crippen molar-refractivity contribution >= 4 is 17.9 Å². The maximum atomic E-state index is 10.2. The third kappa shape index (κ3) is 12.3. The first-order valence-corrected chi connectivity index (χ1v) is 5.02. The molecule has 0 fully saturated rings. The van der Waals surface area contributed by atoms with Crippen LogP contribution in [-0.4, -0.2) is 43.9 Å². The highest BCUT2D eigenvalue weighted by atomic mass is 16.4. The fourth-order valence-corrected chi connectivity index (χ4v) is 0.808. The van der Waals surface area contributed by atoms with Gasteiger partial charge in [-0.2, -0.15) is 0 Å². The van der Waals surface area contributed by atoms with E-state index in [0.717, 1.165) is 0 Å². The topological polar surface area (TPSA) is 132 Å². The molecule has 7 nitrogen and oxygen atoms in total. The zero-order chi connectivity index (χ0) is 14.1. The zero-order valence-corrected chi connectivity index (χ0v) is 9.84. The Morgan fingerprint density at radius 2 is 1.35 bits per heavy atom. The number of aliphatic hydroxyl groups is 1. The molecule has 0 radical (unpaired) electrons. The second kappa shape index (κ2) is 8.51. The van der Waals surface area contributed by atoms with Crippen LogP contribution in [0.15, 0.2) is 0 Å². The quantitative estimate of drug-likeness (QED) is 0.541. The summed E-state index contributed by atoms with van der Waals surface area (Å²) in [6.45, 7) is 3.14. The summed E-state index contributed by atoms with van der Waals surface area (Å²) < 4.78 is 0. The summed E-state index contributed by atoms with van der Waals surface area (Å²) in [6.07, 6.45) is 0.395. The first kappa shape index (κ1) is 17.8. The van der Waals surface area contributed by atoms with Gasteiger partial charge >= 0.3 is 17.9 Å². The standard InChI is InChI=1S/C6H12O3.C4H6O4/c1-3-4-6(2,9)5(7)8;5-3(6)1-2-4(7)8/h9H,3-4H2,1-2H3,(H,7,8);1-2H2,(H,5,6)(H,7,8). The van der Waals surface area contributed by atoms with E-state index in [4.69, 9.17) is 20.4 Å². The average Bonchev–Trinajstić information content (AvgIpc) is 2.15. The Morgan fingerprint density at radius 3 is 1.47 bits per heavy atom. The molecule has 1 atom stereocenters. The lowest BCUT2D eigenvalue weighted by Gasteiger charge is -2.15. The van der Waals surface area contributed by atoms with Crippen LogP contribution in [0.4, 0.5) is 0 Å². The molecule has 0 heterocycles. The lowest BCUT2D eigenvalue weighted by Crippen LogP contribution is -2.34. The van der Waals surface area contributed by atoms with Gasteiger partial charge in [-0.05, 0) is 13.3 Å². The number of carboxylic acids is 3. The second-order valence-electron chi connectivity index (χ2n) is 3.62. The van der Waals surface area contributed by atoms with E-state index in [1.165, 1.54) is 6.92 Å². The average molecular weight is 250 g/mol. The van der Waals surface area contributed by atoms with Gasteiger partial charge in [0, 0.05) is 0 Å². The third-order valence-electron chi connectivity index (χ3n) is 1.75. The molecule has 7 heteroatoms. The Labute approximate surface area is 98.7 Å². The first-order valence-electron chi connectivity index (χ1n) is 5.02. The van der Waals surface area contributed by atoms with Crippen LogP contribution in [0.2, 0.25) is 0 Å². The van der Waals surface area contributed by atoms with Gasteiger partial charge in [0.25, 0.3) is 0 Å². The van der Waals surface area contributed by atoms with E-state index in [-0.39, 0.29) is 12.8 Å². The first-order chi connectivity index (χ1) is 7.63. The van der Waals surface area contributed by atoms with Crippen molar-refractivity contribution in [3.63, 3.8) is 0 Å². The van der Waals surface area contributed by atoms with Crippen molar-refractivity contribution < 1.29 is 34.8 Å². The Hall–Kier alpha value is -1.63. The molecule has 0 spiro atoms. The molecule has 0 rings (SSSR count). The van der Waals surface area contributed by atoms with Crippen LogP contribution >= 0.6 is 0 Å². The van der Waals surface area contributed by atoms with E-state index in [1.807, 2.05) is 6.92 Å². The second-order valence-corrected chi connectivity index (χ2v) is 3.62. The van der Waals surface area contributed by atoms with Crippen molar-refractivity contribution in [1.82, 2.24) is 0 Å². The van der Waals surface area contributed by atoms with Gasteiger partial charge < -0.3 is 20.4 Å². The van der Waals surface area contributed by atoms with Crippen molar-refractivity contribution in [2.24, 2.45) is 0 Å². The van der Waals surface area contributed by atoms with Gasteiger partial charge in [-0.1, -0.05) is 13.3 Å². The van der Waals surface area contributed by atoms with E-state index < -0.39 is 23.5 Å². The predicted molar refractivity (Wildman–Crippen MR) is 57.7 cm³/mol. The van der Waals surface area contributed by atoms with E-state index in [2.05, 4.69) is 0 Å². The third-order valence-corrected chi connectivity index (χ3v) is 1.75. The molecule has 0 saturated carbocycles. The van der Waals surface area contributed by atoms with Crippen LogP contribution in [0.1, 0.15) is 39.5 Å². The number of hydrogen-bond donors (Lipinski definition) is 4. The minimum Gasteiger partial charge on any atom is -0.481 e. The van der Waals surface area contributed by atoms with Gasteiger partial charge in [0.1, 0.15) is 0 Å². The van der Waals surface area contributed by atoms with Gasteiger partial charge in [0.2, 0.25) is 0 Å². The molecule has 0 aromatic carbocycles. The van der Waals surface area contributed by atoms with Gasteiger partial charge in [0.05, 0.1) is 12.8 Å². The molecule has 0 aliphatic rings. The fraction of sp³-hybridized carbons (Fsp3) is 0.700. The molecule has 0 aromatic heterocycles. The SMILES string of the molecule is CCCC(C)(O)C(=O)O.O=C(O)CCC(=O)O. The summed E-state index contributed by atoms with van der Waals surface area (Å²) in [5.74, 6) is -3.30. The van der Waals surface area contributed by atoms with Crippen molar-refractivity contribution in [2.75, 3.05) is 0 Å². The number of carboxylic acid groups (broad SMARTS) is 3. The van der Waals surface area contributed by atoms with Crippen molar-refractivity contribution in [3.8, 4) is 0 Å². The van der Waals surface area contributed by atoms with Crippen LogP contribution in [-0.2, 0) is 14.4 Å². The summed E-state index contributed by atoms with van der Waals surface area (Å²) in [5, 5.41) is 33.1. The molecule has 0 bridgehead atoms. The zero-order valence-electron chi connectivity index (χ0n) is 9.84. The highest BCUT2D eigenvalue weighted by Gasteiger charge is 2.27. The molecule has 100 valence electrons. The van der Waals surface area contributed by atoms with Gasteiger partial charge in [-0.15, -0.1) is 0 Å². The van der Waals surface area contributed by atoms with Crippen LogP contribution in [0.3, 0.4) is 0 Å². The molecule has 0 aromatic rings. The summed E-state index contributed by atoms with van der Waals surface area (Å²) in [7, 11) is 0. The van der Waals surface area contributed by atoms with Crippen LogP contribution in [0.5, 0.6) is 0 Å². The lowest BCUT2D eigenvalue weighted by molar-refractivity contribution is -0.157. The Kier molecular flexibility index (Phi) is 8.89. The molecule has 4 N–H and O–H groups in total. The number of hydrogen-bond acceptors (Lipinski definition) is 4. The van der Waals surface area contributed by atoms with Crippen molar-refractivity contribution in [1.29, 1.82) is 0 Å². The molecule has 0 amide bonds. The molecular weight excluding hydrogens is 232 g/mol. The lowest BCUT2D eigenvalue weighted by atomic mass is 10.0. The molecule has 1 unspecified atom stereocenters. The van der Waals surface area contributed by atoms with Crippen molar-refractivity contribution in [2.45, 2.75) is 45.1 Å². The number of aliphatic carboxylic acids is 3. The smallest absolute Gasteiger partial charge is 0.335 e. The van der Waals surface area contributed by atoms with Crippen LogP contribution < -0.4 is 0 Å². The molecule has 0 saturated heterocycles. The minimum absolute atomic E-state index is 0.296. The summed E-state index contributed by atoms with van der Waals surface area (Å²) >= 11 is 0. The molecular formula is C10H18O7. The number of carbonyl (C=O) groups is 3. The van der Waals surface area contributed by atoms with E-state index in [1.54, 1.807) is 0 Å². The Bertz CT molecular complexity index is 256. The molecule has 0 aliphatic carbocycles. The predicted octanol–water partition coefficient (Wildman–Crippen LogP) is 0.558. The highest BCUT2D eigenvalue weighted by Crippen LogP contribution is 2.10. The minimum atomic E-state index is -1.53. The summed E-state index contributed by atoms with van der Waals surface area (Å²) in [6, 6.07) is 0. The fourth-order valence-electron chi connectivity index (χ4n) is 0.808. The largest absolute Gasteiger partial charge is 0.481 e. The van der Waals surface area contributed by atoms with Gasteiger partial charge in [-0.3, -0.25) is 9.59 Å². The molecule has 17 heavy (non-hydrogen) atoms. The van der Waals surface area contributed by atoms with E-state index in [0.29, 0.717) is 12.8 Å². The van der Waals surface area contributed by atoms with Crippen LogP contribution in [0, 0.1) is 0 Å². The van der Waals surface area contributed by atoms with Gasteiger partial charge in [-0.25, -0.2) is 4.79 Å². The monoisotopic (exact) mass is 250 g/mol. The van der Waals surface area contributed by atoms with Crippen molar-refractivity contribution in [3.05, 3.63) is 0 Å². The van der Waals surface area contributed by atoms with Crippen LogP contribution in [0.25, 0.3) is 0 Å². The maximum Gasteiger partial charge on any atom is 0.335 e. The van der Waals surface area contributed by atoms with E-state index >= 15 is 0 Å². The van der Waals surface area contributed by atoms with E-state index in [9.17, 15) is 14.4 Å². The summed E-state index contributed by atoms with van der Waals surface area (Å²) in [5.41, 5.74) is -1.53. The molecule has 0 aliphatic heterocycles. The Balaban J connectivity index is 0. The maximum absolute atomic E-state index is 10.2. The van der Waals surface area contributed by atoms with Gasteiger partial charge in [0.15, 0.2) is 5.60 Å². The normalized spacial score (nSPS) is 12.9. The summed E-state index contributed by atoms with van der Waals surface area (Å²) in [4.78, 5) is 29.4.